The molecular weight excluding hydrogens is 266 g/mol. The summed E-state index contributed by atoms with van der Waals surface area (Å²) in [4.78, 5) is 26.4. The fraction of sp³-hybridized carbons (Fsp3) is 0.875. The van der Waals surface area contributed by atoms with Gasteiger partial charge in [0.2, 0.25) is 11.8 Å². The Bertz CT molecular complexity index is 381. The third-order valence-corrected chi connectivity index (χ3v) is 4.92. The van der Waals surface area contributed by atoms with E-state index in [-0.39, 0.29) is 29.3 Å². The molecule has 5 nitrogen and oxygen atoms in total. The van der Waals surface area contributed by atoms with Crippen molar-refractivity contribution in [1.29, 1.82) is 0 Å². The molecule has 0 aromatic heterocycles. The van der Waals surface area contributed by atoms with Crippen molar-refractivity contribution in [1.82, 2.24) is 15.5 Å². The molecule has 1 atom stereocenters. The second-order valence-electron chi connectivity index (χ2n) is 6.69. The van der Waals surface area contributed by atoms with Crippen LogP contribution >= 0.6 is 0 Å². The molecule has 0 bridgehead atoms. The molecule has 21 heavy (non-hydrogen) atoms. The van der Waals surface area contributed by atoms with Gasteiger partial charge in [0.1, 0.15) is 0 Å². The van der Waals surface area contributed by atoms with Crippen LogP contribution in [0.3, 0.4) is 0 Å². The molecular formula is C16H29N3O2. The number of likely N-dealkylation sites (tertiary alicyclic amines) is 1. The fourth-order valence-electron chi connectivity index (χ4n) is 3.40. The number of nitrogens with zero attached hydrogens (tertiary/aromatic N) is 1. The van der Waals surface area contributed by atoms with Crippen molar-refractivity contribution in [3.63, 3.8) is 0 Å². The van der Waals surface area contributed by atoms with Gasteiger partial charge in [0, 0.05) is 25.0 Å². The van der Waals surface area contributed by atoms with Crippen LogP contribution in [0.15, 0.2) is 0 Å². The zero-order chi connectivity index (χ0) is 15.5. The third-order valence-electron chi connectivity index (χ3n) is 4.92. The summed E-state index contributed by atoms with van der Waals surface area (Å²) in [6, 6.07) is 0.208. The summed E-state index contributed by atoms with van der Waals surface area (Å²) in [6.07, 6.45) is 4.57. The first-order valence-corrected chi connectivity index (χ1v) is 8.33. The Morgan fingerprint density at radius 1 is 1.33 bits per heavy atom. The van der Waals surface area contributed by atoms with E-state index in [0.717, 1.165) is 51.7 Å². The zero-order valence-electron chi connectivity index (χ0n) is 13.6. The molecule has 2 amide bonds. The number of amides is 2. The maximum absolute atomic E-state index is 12.5. The number of nitrogens with one attached hydrogen (secondary N) is 2. The van der Waals surface area contributed by atoms with Crippen LogP contribution < -0.4 is 10.6 Å². The van der Waals surface area contributed by atoms with Crippen LogP contribution in [-0.4, -0.2) is 47.9 Å². The minimum absolute atomic E-state index is 0.0576. The van der Waals surface area contributed by atoms with Crippen molar-refractivity contribution in [2.75, 3.05) is 19.6 Å². The Morgan fingerprint density at radius 3 is 2.48 bits per heavy atom. The van der Waals surface area contributed by atoms with Gasteiger partial charge in [-0.2, -0.15) is 0 Å². The fourth-order valence-corrected chi connectivity index (χ4v) is 3.40. The predicted molar refractivity (Wildman–Crippen MR) is 82.8 cm³/mol. The Kier molecular flexibility index (Phi) is 5.25. The van der Waals surface area contributed by atoms with E-state index in [1.165, 1.54) is 0 Å². The van der Waals surface area contributed by atoms with Gasteiger partial charge in [-0.3, -0.25) is 9.59 Å². The number of carbonyl (C=O) groups is 2. The molecule has 2 N–H and O–H groups in total. The van der Waals surface area contributed by atoms with Crippen molar-refractivity contribution in [3.8, 4) is 0 Å². The predicted octanol–water partition coefficient (Wildman–Crippen LogP) is 1.28. The van der Waals surface area contributed by atoms with E-state index in [1.807, 2.05) is 18.7 Å². The van der Waals surface area contributed by atoms with Gasteiger partial charge < -0.3 is 15.5 Å². The van der Waals surface area contributed by atoms with Crippen LogP contribution in [-0.2, 0) is 9.59 Å². The third kappa shape index (κ3) is 3.57. The minimum Gasteiger partial charge on any atom is -0.352 e. The molecule has 2 saturated heterocycles. The van der Waals surface area contributed by atoms with E-state index >= 15 is 0 Å². The van der Waals surface area contributed by atoms with Gasteiger partial charge in [0.15, 0.2) is 0 Å². The van der Waals surface area contributed by atoms with Crippen molar-refractivity contribution >= 4 is 11.8 Å². The lowest BCUT2D eigenvalue weighted by Gasteiger charge is -2.35. The lowest BCUT2D eigenvalue weighted by atomic mass is 9.92. The Morgan fingerprint density at radius 2 is 2.00 bits per heavy atom. The molecule has 2 rings (SSSR count). The monoisotopic (exact) mass is 295 g/mol. The molecule has 0 radical (unpaired) electrons. The maximum Gasteiger partial charge on any atom is 0.240 e. The highest BCUT2D eigenvalue weighted by molar-refractivity contribution is 5.87. The van der Waals surface area contributed by atoms with Gasteiger partial charge in [0.05, 0.1) is 5.54 Å². The number of rotatable bonds is 4. The Labute approximate surface area is 127 Å². The van der Waals surface area contributed by atoms with Crippen LogP contribution in [0.2, 0.25) is 0 Å². The van der Waals surface area contributed by atoms with E-state index in [2.05, 4.69) is 17.6 Å². The first-order chi connectivity index (χ1) is 9.98. The maximum atomic E-state index is 12.5. The molecule has 120 valence electrons. The summed E-state index contributed by atoms with van der Waals surface area (Å²) in [7, 11) is 0. The van der Waals surface area contributed by atoms with Crippen LogP contribution in [0.25, 0.3) is 0 Å². The molecule has 0 aromatic rings. The first-order valence-electron chi connectivity index (χ1n) is 8.33. The largest absolute Gasteiger partial charge is 0.352 e. The summed E-state index contributed by atoms with van der Waals surface area (Å²) in [5, 5.41) is 6.58. The minimum atomic E-state index is -0.356. The highest BCUT2D eigenvalue weighted by Gasteiger charge is 2.40. The number of piperidine rings is 1. The van der Waals surface area contributed by atoms with E-state index in [9.17, 15) is 9.59 Å². The Hall–Kier alpha value is -1.10. The second-order valence-corrected chi connectivity index (χ2v) is 6.69. The Balaban J connectivity index is 1.83. The van der Waals surface area contributed by atoms with Crippen molar-refractivity contribution in [3.05, 3.63) is 0 Å². The highest BCUT2D eigenvalue weighted by atomic mass is 16.2. The molecule has 2 heterocycles. The summed E-state index contributed by atoms with van der Waals surface area (Å²) in [5.41, 5.74) is -0.356. The van der Waals surface area contributed by atoms with Crippen LogP contribution in [0, 0.1) is 5.92 Å². The lowest BCUT2D eigenvalue weighted by Crippen LogP contribution is -2.57. The van der Waals surface area contributed by atoms with E-state index in [4.69, 9.17) is 0 Å². The summed E-state index contributed by atoms with van der Waals surface area (Å²) >= 11 is 0. The average Bonchev–Trinajstić information content (AvgIpc) is 2.97. The summed E-state index contributed by atoms with van der Waals surface area (Å²) < 4.78 is 0. The zero-order valence-corrected chi connectivity index (χ0v) is 13.6. The molecule has 0 aromatic carbocycles. The molecule has 2 fully saturated rings. The molecule has 0 spiro atoms. The average molecular weight is 295 g/mol. The second kappa shape index (κ2) is 6.77. The molecule has 0 saturated carbocycles. The van der Waals surface area contributed by atoms with Gasteiger partial charge in [-0.1, -0.05) is 20.8 Å². The summed E-state index contributed by atoms with van der Waals surface area (Å²) in [5.74, 6) is 0.431. The lowest BCUT2D eigenvalue weighted by molar-refractivity contribution is -0.135. The first kappa shape index (κ1) is 16.3. The highest BCUT2D eigenvalue weighted by Crippen LogP contribution is 2.24. The molecule has 2 aliphatic rings. The number of carbonyl (C=O) groups excluding carboxylic acids is 2. The van der Waals surface area contributed by atoms with Gasteiger partial charge in [-0.15, -0.1) is 0 Å². The SMILES string of the molecule is CCC1(C(=O)NC2CCN(C(=O)C(C)C)CC2)CCCN1. The van der Waals surface area contributed by atoms with E-state index in [1.54, 1.807) is 0 Å². The van der Waals surface area contributed by atoms with Gasteiger partial charge in [-0.25, -0.2) is 0 Å². The van der Waals surface area contributed by atoms with Crippen molar-refractivity contribution < 1.29 is 9.59 Å². The smallest absolute Gasteiger partial charge is 0.240 e. The standard InChI is InChI=1S/C16H29N3O2/c1-4-16(8-5-9-17-16)15(21)18-13-6-10-19(11-7-13)14(20)12(2)3/h12-13,17H,4-11H2,1-3H3,(H,18,21). The molecule has 1 unspecified atom stereocenters. The normalized spacial score (nSPS) is 27.1. The molecule has 0 aliphatic carbocycles. The molecule has 2 aliphatic heterocycles. The van der Waals surface area contributed by atoms with Gasteiger partial charge in [-0.05, 0) is 38.6 Å². The van der Waals surface area contributed by atoms with Crippen molar-refractivity contribution in [2.45, 2.75) is 64.5 Å². The summed E-state index contributed by atoms with van der Waals surface area (Å²) in [6.45, 7) is 8.40. The van der Waals surface area contributed by atoms with Crippen LogP contribution in [0.4, 0.5) is 0 Å². The van der Waals surface area contributed by atoms with E-state index < -0.39 is 0 Å². The van der Waals surface area contributed by atoms with E-state index in [0.29, 0.717) is 0 Å². The van der Waals surface area contributed by atoms with Crippen LogP contribution in [0.5, 0.6) is 0 Å². The number of hydrogen-bond donors (Lipinski definition) is 2. The number of hydrogen-bond acceptors (Lipinski definition) is 3. The topological polar surface area (TPSA) is 61.4 Å². The van der Waals surface area contributed by atoms with Crippen molar-refractivity contribution in [2.24, 2.45) is 5.92 Å². The van der Waals surface area contributed by atoms with Crippen LogP contribution in [0.1, 0.15) is 52.9 Å². The van der Waals surface area contributed by atoms with Gasteiger partial charge in [0.25, 0.3) is 0 Å². The van der Waals surface area contributed by atoms with Gasteiger partial charge >= 0.3 is 0 Å². The molecule has 5 heteroatoms. The quantitative estimate of drug-likeness (QED) is 0.821.